The normalized spacial score (nSPS) is 10.9. The predicted molar refractivity (Wildman–Crippen MR) is 81.4 cm³/mol. The molecular formula is C15H25NOS. The highest BCUT2D eigenvalue weighted by atomic mass is 32.2. The lowest BCUT2D eigenvalue weighted by Gasteiger charge is -2.12. The molecule has 0 saturated heterocycles. The summed E-state index contributed by atoms with van der Waals surface area (Å²) in [6.07, 6.45) is 1.17. The molecule has 0 fully saturated rings. The molecule has 1 rings (SSSR count). The zero-order valence-electron chi connectivity index (χ0n) is 12.0. The molecule has 0 aliphatic rings. The SMILES string of the molecule is CCCNCc1ccc(OC)c(CSC(C)C)c1. The van der Waals surface area contributed by atoms with E-state index in [0.717, 1.165) is 24.6 Å². The number of nitrogens with one attached hydrogen (secondary N) is 1. The van der Waals surface area contributed by atoms with Gasteiger partial charge in [0.15, 0.2) is 0 Å². The molecule has 3 heteroatoms. The van der Waals surface area contributed by atoms with Gasteiger partial charge in [-0.05, 0) is 35.9 Å². The predicted octanol–water partition coefficient (Wildman–Crippen LogP) is 3.84. The molecular weight excluding hydrogens is 242 g/mol. The Morgan fingerprint density at radius 3 is 2.72 bits per heavy atom. The molecule has 0 saturated carbocycles. The van der Waals surface area contributed by atoms with Gasteiger partial charge in [0.2, 0.25) is 0 Å². The quantitative estimate of drug-likeness (QED) is 0.723. The van der Waals surface area contributed by atoms with Crippen LogP contribution in [0.5, 0.6) is 5.75 Å². The van der Waals surface area contributed by atoms with Crippen molar-refractivity contribution in [2.24, 2.45) is 0 Å². The van der Waals surface area contributed by atoms with E-state index < -0.39 is 0 Å². The van der Waals surface area contributed by atoms with E-state index in [4.69, 9.17) is 4.74 Å². The molecule has 0 atom stereocenters. The zero-order valence-corrected chi connectivity index (χ0v) is 12.8. The van der Waals surface area contributed by atoms with Crippen molar-refractivity contribution in [3.8, 4) is 5.75 Å². The van der Waals surface area contributed by atoms with Gasteiger partial charge in [0, 0.05) is 17.9 Å². The maximum atomic E-state index is 5.42. The van der Waals surface area contributed by atoms with Gasteiger partial charge < -0.3 is 10.1 Å². The van der Waals surface area contributed by atoms with Crippen LogP contribution in [0.3, 0.4) is 0 Å². The van der Waals surface area contributed by atoms with Crippen LogP contribution in [0.1, 0.15) is 38.3 Å². The number of methoxy groups -OCH3 is 1. The molecule has 0 aliphatic heterocycles. The summed E-state index contributed by atoms with van der Waals surface area (Å²) in [4.78, 5) is 0. The van der Waals surface area contributed by atoms with Crippen LogP contribution in [0.25, 0.3) is 0 Å². The minimum absolute atomic E-state index is 0.650. The fourth-order valence-corrected chi connectivity index (χ4v) is 2.46. The van der Waals surface area contributed by atoms with Crippen molar-refractivity contribution in [2.75, 3.05) is 13.7 Å². The second-order valence-electron chi connectivity index (χ2n) is 4.68. The number of thioether (sulfide) groups is 1. The fourth-order valence-electron chi connectivity index (χ4n) is 1.72. The minimum Gasteiger partial charge on any atom is -0.496 e. The van der Waals surface area contributed by atoms with Crippen LogP contribution in [0.2, 0.25) is 0 Å². The number of rotatable bonds is 8. The van der Waals surface area contributed by atoms with Crippen LogP contribution in [0.15, 0.2) is 18.2 Å². The van der Waals surface area contributed by atoms with Gasteiger partial charge >= 0.3 is 0 Å². The Morgan fingerprint density at radius 1 is 1.33 bits per heavy atom. The third-order valence-corrected chi connectivity index (χ3v) is 3.82. The molecule has 0 aliphatic carbocycles. The summed E-state index contributed by atoms with van der Waals surface area (Å²) >= 11 is 1.95. The van der Waals surface area contributed by atoms with Gasteiger partial charge in [-0.3, -0.25) is 0 Å². The van der Waals surface area contributed by atoms with E-state index >= 15 is 0 Å². The summed E-state index contributed by atoms with van der Waals surface area (Å²) in [6, 6.07) is 6.49. The maximum absolute atomic E-state index is 5.42. The molecule has 0 aromatic heterocycles. The Bertz CT molecular complexity index is 352. The van der Waals surface area contributed by atoms with Crippen LogP contribution in [0.4, 0.5) is 0 Å². The van der Waals surface area contributed by atoms with E-state index in [0.29, 0.717) is 5.25 Å². The van der Waals surface area contributed by atoms with E-state index in [-0.39, 0.29) is 0 Å². The standard InChI is InChI=1S/C15H25NOS/c1-5-8-16-10-13-6-7-15(17-4)14(9-13)11-18-12(2)3/h6-7,9,12,16H,5,8,10-11H2,1-4H3. The van der Waals surface area contributed by atoms with Crippen LogP contribution < -0.4 is 10.1 Å². The van der Waals surface area contributed by atoms with Crippen molar-refractivity contribution in [2.45, 2.75) is 44.7 Å². The molecule has 0 unspecified atom stereocenters. The van der Waals surface area contributed by atoms with Crippen LogP contribution in [0, 0.1) is 0 Å². The van der Waals surface area contributed by atoms with E-state index in [1.165, 1.54) is 17.5 Å². The van der Waals surface area contributed by atoms with E-state index in [1.807, 2.05) is 11.8 Å². The summed E-state index contributed by atoms with van der Waals surface area (Å²) in [6.45, 7) is 8.65. The highest BCUT2D eigenvalue weighted by molar-refractivity contribution is 7.99. The molecule has 0 spiro atoms. The van der Waals surface area contributed by atoms with Gasteiger partial charge in [0.25, 0.3) is 0 Å². The summed E-state index contributed by atoms with van der Waals surface area (Å²) in [5.41, 5.74) is 2.63. The average Bonchev–Trinajstić information content (AvgIpc) is 2.37. The van der Waals surface area contributed by atoms with Gasteiger partial charge in [-0.15, -0.1) is 0 Å². The topological polar surface area (TPSA) is 21.3 Å². The van der Waals surface area contributed by atoms with Crippen LogP contribution in [-0.4, -0.2) is 18.9 Å². The van der Waals surface area contributed by atoms with Crippen LogP contribution >= 0.6 is 11.8 Å². The molecule has 0 heterocycles. The van der Waals surface area contributed by atoms with Crippen molar-refractivity contribution in [1.29, 1.82) is 0 Å². The number of hydrogen-bond donors (Lipinski definition) is 1. The average molecular weight is 267 g/mol. The summed E-state index contributed by atoms with van der Waals surface area (Å²) < 4.78 is 5.42. The number of ether oxygens (including phenoxy) is 1. The molecule has 0 radical (unpaired) electrons. The third-order valence-electron chi connectivity index (χ3n) is 2.67. The van der Waals surface area contributed by atoms with Gasteiger partial charge in [-0.25, -0.2) is 0 Å². The number of benzene rings is 1. The summed E-state index contributed by atoms with van der Waals surface area (Å²) in [7, 11) is 1.74. The van der Waals surface area contributed by atoms with Crippen molar-refractivity contribution < 1.29 is 4.74 Å². The zero-order chi connectivity index (χ0) is 13.4. The highest BCUT2D eigenvalue weighted by Crippen LogP contribution is 2.26. The lowest BCUT2D eigenvalue weighted by molar-refractivity contribution is 0.411. The highest BCUT2D eigenvalue weighted by Gasteiger charge is 2.06. The first kappa shape index (κ1) is 15.4. The Morgan fingerprint density at radius 2 is 2.11 bits per heavy atom. The van der Waals surface area contributed by atoms with Crippen molar-refractivity contribution >= 4 is 11.8 Å². The molecule has 1 aromatic carbocycles. The maximum Gasteiger partial charge on any atom is 0.122 e. The molecule has 2 nitrogen and oxygen atoms in total. The Labute approximate surface area is 116 Å². The monoisotopic (exact) mass is 267 g/mol. The second-order valence-corrected chi connectivity index (χ2v) is 6.25. The molecule has 102 valence electrons. The van der Waals surface area contributed by atoms with E-state index in [1.54, 1.807) is 7.11 Å². The van der Waals surface area contributed by atoms with Gasteiger partial charge in [-0.2, -0.15) is 11.8 Å². The Balaban J connectivity index is 2.68. The number of hydrogen-bond acceptors (Lipinski definition) is 3. The molecule has 0 bridgehead atoms. The Kier molecular flexibility index (Phi) is 7.21. The first-order valence-corrected chi connectivity index (χ1v) is 7.70. The molecule has 1 N–H and O–H groups in total. The first-order valence-electron chi connectivity index (χ1n) is 6.65. The van der Waals surface area contributed by atoms with Crippen LogP contribution in [-0.2, 0) is 12.3 Å². The molecule has 0 amide bonds. The smallest absolute Gasteiger partial charge is 0.122 e. The van der Waals surface area contributed by atoms with Gasteiger partial charge in [0.05, 0.1) is 7.11 Å². The van der Waals surface area contributed by atoms with Crippen molar-refractivity contribution in [1.82, 2.24) is 5.32 Å². The largest absolute Gasteiger partial charge is 0.496 e. The summed E-state index contributed by atoms with van der Waals surface area (Å²) in [5, 5.41) is 4.08. The lowest BCUT2D eigenvalue weighted by Crippen LogP contribution is -2.13. The fraction of sp³-hybridized carbons (Fsp3) is 0.600. The van der Waals surface area contributed by atoms with Gasteiger partial charge in [-0.1, -0.05) is 26.8 Å². The first-order chi connectivity index (χ1) is 8.67. The minimum atomic E-state index is 0.650. The lowest BCUT2D eigenvalue weighted by atomic mass is 10.1. The second kappa shape index (κ2) is 8.44. The van der Waals surface area contributed by atoms with Gasteiger partial charge in [0.1, 0.15) is 5.75 Å². The molecule has 1 aromatic rings. The van der Waals surface area contributed by atoms with Crippen molar-refractivity contribution in [3.63, 3.8) is 0 Å². The van der Waals surface area contributed by atoms with E-state index in [2.05, 4.69) is 44.3 Å². The van der Waals surface area contributed by atoms with E-state index in [9.17, 15) is 0 Å². The van der Waals surface area contributed by atoms with Crippen molar-refractivity contribution in [3.05, 3.63) is 29.3 Å². The Hall–Kier alpha value is -0.670. The summed E-state index contributed by atoms with van der Waals surface area (Å²) in [5.74, 6) is 2.02. The third kappa shape index (κ3) is 5.32. The molecule has 18 heavy (non-hydrogen) atoms.